The number of nitrogens with zero attached hydrogens (tertiary/aromatic N) is 4. The summed E-state index contributed by atoms with van der Waals surface area (Å²) in [7, 11) is 1.69. The fourth-order valence-electron chi connectivity index (χ4n) is 1.65. The van der Waals surface area contributed by atoms with Crippen LogP contribution in [0.15, 0.2) is 15.1 Å². The van der Waals surface area contributed by atoms with Gasteiger partial charge in [0.1, 0.15) is 5.76 Å². The van der Waals surface area contributed by atoms with Crippen molar-refractivity contribution in [3.63, 3.8) is 0 Å². The Morgan fingerprint density at radius 1 is 1.35 bits per heavy atom. The summed E-state index contributed by atoms with van der Waals surface area (Å²) in [6, 6.07) is 1.75. The van der Waals surface area contributed by atoms with Gasteiger partial charge in [0.15, 0.2) is 5.82 Å². The largest absolute Gasteiger partial charge is 0.361 e. The predicted molar refractivity (Wildman–Crippen MR) is 69.8 cm³/mol. The number of amides is 1. The summed E-state index contributed by atoms with van der Waals surface area (Å²) in [5.41, 5.74) is 0.759. The summed E-state index contributed by atoms with van der Waals surface area (Å²) >= 11 is 0. The molecular formula is C13H18N4O3. The van der Waals surface area contributed by atoms with Gasteiger partial charge in [-0.1, -0.05) is 24.2 Å². The van der Waals surface area contributed by atoms with Gasteiger partial charge < -0.3 is 13.9 Å². The summed E-state index contributed by atoms with van der Waals surface area (Å²) in [5.74, 6) is 1.71. The number of carbonyl (C=O) groups is 1. The molecular weight excluding hydrogens is 260 g/mol. The van der Waals surface area contributed by atoms with E-state index in [2.05, 4.69) is 15.3 Å². The van der Waals surface area contributed by atoms with E-state index in [4.69, 9.17) is 9.05 Å². The minimum Gasteiger partial charge on any atom is -0.361 e. The second-order valence-electron chi connectivity index (χ2n) is 5.06. The fourth-order valence-corrected chi connectivity index (χ4v) is 1.65. The Hall–Kier alpha value is -2.18. The quantitative estimate of drug-likeness (QED) is 0.827. The number of rotatable bonds is 5. The number of likely N-dealkylation sites (N-methyl/N-ethyl adjacent to an activating group) is 1. The molecule has 0 radical (unpaired) electrons. The van der Waals surface area contributed by atoms with Gasteiger partial charge in [0.05, 0.1) is 18.7 Å². The van der Waals surface area contributed by atoms with Crippen LogP contribution >= 0.6 is 0 Å². The van der Waals surface area contributed by atoms with Gasteiger partial charge in [-0.15, -0.1) is 0 Å². The predicted octanol–water partition coefficient (Wildman–Crippen LogP) is 1.69. The van der Waals surface area contributed by atoms with Gasteiger partial charge in [0, 0.05) is 19.0 Å². The van der Waals surface area contributed by atoms with Crippen LogP contribution in [0.1, 0.15) is 42.9 Å². The SMILES string of the molecule is Cc1cc(CC(=O)N(C)Cc2noc(C(C)C)n2)on1. The van der Waals surface area contributed by atoms with E-state index in [-0.39, 0.29) is 18.2 Å². The topological polar surface area (TPSA) is 85.3 Å². The van der Waals surface area contributed by atoms with Gasteiger partial charge in [-0.2, -0.15) is 4.98 Å². The van der Waals surface area contributed by atoms with E-state index in [0.717, 1.165) is 5.69 Å². The molecule has 0 spiro atoms. The molecule has 0 N–H and O–H groups in total. The molecule has 2 aromatic heterocycles. The third-order valence-electron chi connectivity index (χ3n) is 2.78. The molecule has 0 bridgehead atoms. The van der Waals surface area contributed by atoms with Crippen molar-refractivity contribution >= 4 is 5.91 Å². The number of aryl methyl sites for hydroxylation is 1. The molecule has 2 aromatic rings. The summed E-state index contributed by atoms with van der Waals surface area (Å²) in [6.45, 7) is 6.06. The number of carbonyl (C=O) groups excluding carboxylic acids is 1. The number of hydrogen-bond acceptors (Lipinski definition) is 6. The summed E-state index contributed by atoms with van der Waals surface area (Å²) < 4.78 is 10.1. The molecule has 0 aliphatic carbocycles. The molecule has 7 nitrogen and oxygen atoms in total. The lowest BCUT2D eigenvalue weighted by atomic mass is 10.2. The van der Waals surface area contributed by atoms with E-state index in [1.54, 1.807) is 13.1 Å². The molecule has 20 heavy (non-hydrogen) atoms. The molecule has 0 saturated carbocycles. The molecule has 2 rings (SSSR count). The Kier molecular flexibility index (Phi) is 4.16. The summed E-state index contributed by atoms with van der Waals surface area (Å²) in [5, 5.41) is 7.61. The maximum Gasteiger partial charge on any atom is 0.230 e. The maximum absolute atomic E-state index is 12.0. The lowest BCUT2D eigenvalue weighted by molar-refractivity contribution is -0.130. The van der Waals surface area contributed by atoms with Crippen LogP contribution in [-0.4, -0.2) is 33.2 Å². The Morgan fingerprint density at radius 3 is 2.65 bits per heavy atom. The normalized spacial score (nSPS) is 11.1. The van der Waals surface area contributed by atoms with E-state index in [1.165, 1.54) is 4.90 Å². The van der Waals surface area contributed by atoms with Crippen LogP contribution in [0.3, 0.4) is 0 Å². The number of hydrogen-bond donors (Lipinski definition) is 0. The van der Waals surface area contributed by atoms with Crippen LogP contribution in [0.2, 0.25) is 0 Å². The van der Waals surface area contributed by atoms with E-state index >= 15 is 0 Å². The van der Waals surface area contributed by atoms with Crippen molar-refractivity contribution in [1.29, 1.82) is 0 Å². The zero-order chi connectivity index (χ0) is 14.7. The molecule has 0 aliphatic heterocycles. The minimum absolute atomic E-state index is 0.0861. The number of aromatic nitrogens is 3. The highest BCUT2D eigenvalue weighted by atomic mass is 16.5. The molecule has 0 atom stereocenters. The Balaban J connectivity index is 1.93. The maximum atomic E-state index is 12.0. The highest BCUT2D eigenvalue weighted by molar-refractivity contribution is 5.77. The van der Waals surface area contributed by atoms with Crippen molar-refractivity contribution in [3.8, 4) is 0 Å². The summed E-state index contributed by atoms with van der Waals surface area (Å²) in [4.78, 5) is 17.8. The highest BCUT2D eigenvalue weighted by Gasteiger charge is 2.16. The molecule has 7 heteroatoms. The third-order valence-corrected chi connectivity index (χ3v) is 2.78. The monoisotopic (exact) mass is 278 g/mol. The van der Waals surface area contributed by atoms with Crippen molar-refractivity contribution in [2.75, 3.05) is 7.05 Å². The first-order valence-electron chi connectivity index (χ1n) is 6.44. The second kappa shape index (κ2) is 5.85. The van der Waals surface area contributed by atoms with E-state index in [0.29, 0.717) is 24.0 Å². The van der Waals surface area contributed by atoms with Crippen LogP contribution < -0.4 is 0 Å². The zero-order valence-corrected chi connectivity index (χ0v) is 12.1. The van der Waals surface area contributed by atoms with Gasteiger partial charge in [-0.25, -0.2) is 0 Å². The molecule has 0 aromatic carbocycles. The van der Waals surface area contributed by atoms with Crippen LogP contribution in [0.25, 0.3) is 0 Å². The standard InChI is InChI=1S/C13H18N4O3/c1-8(2)13-14-11(16-20-13)7-17(4)12(18)6-10-5-9(3)15-19-10/h5,8H,6-7H2,1-4H3. The first-order chi connectivity index (χ1) is 9.45. The van der Waals surface area contributed by atoms with Gasteiger partial charge in [-0.3, -0.25) is 4.79 Å². The van der Waals surface area contributed by atoms with Crippen LogP contribution in [-0.2, 0) is 17.8 Å². The molecule has 0 aliphatic rings. The lowest BCUT2D eigenvalue weighted by Gasteiger charge is -2.13. The first kappa shape index (κ1) is 14.2. The minimum atomic E-state index is -0.0861. The fraction of sp³-hybridized carbons (Fsp3) is 0.538. The first-order valence-corrected chi connectivity index (χ1v) is 6.44. The smallest absolute Gasteiger partial charge is 0.230 e. The molecule has 0 saturated heterocycles. The zero-order valence-electron chi connectivity index (χ0n) is 12.1. The molecule has 0 unspecified atom stereocenters. The summed E-state index contributed by atoms with van der Waals surface area (Å²) in [6.07, 6.45) is 0.173. The second-order valence-corrected chi connectivity index (χ2v) is 5.06. The molecule has 0 fully saturated rings. The molecule has 108 valence electrons. The highest BCUT2D eigenvalue weighted by Crippen LogP contribution is 2.12. The van der Waals surface area contributed by atoms with Crippen LogP contribution in [0.5, 0.6) is 0 Å². The van der Waals surface area contributed by atoms with Gasteiger partial charge >= 0.3 is 0 Å². The van der Waals surface area contributed by atoms with E-state index < -0.39 is 0 Å². The average Bonchev–Trinajstić information content (AvgIpc) is 2.98. The Bertz CT molecular complexity index is 588. The van der Waals surface area contributed by atoms with E-state index in [1.807, 2.05) is 20.8 Å². The van der Waals surface area contributed by atoms with Crippen LogP contribution in [0.4, 0.5) is 0 Å². The van der Waals surface area contributed by atoms with Crippen molar-refractivity contribution in [3.05, 3.63) is 29.2 Å². The Morgan fingerprint density at radius 2 is 2.10 bits per heavy atom. The van der Waals surface area contributed by atoms with Gasteiger partial charge in [0.25, 0.3) is 0 Å². The van der Waals surface area contributed by atoms with Crippen molar-refractivity contribution in [2.24, 2.45) is 0 Å². The van der Waals surface area contributed by atoms with Crippen molar-refractivity contribution in [2.45, 2.75) is 39.7 Å². The van der Waals surface area contributed by atoms with Crippen molar-refractivity contribution in [1.82, 2.24) is 20.2 Å². The van der Waals surface area contributed by atoms with Gasteiger partial charge in [0.2, 0.25) is 11.8 Å². The average molecular weight is 278 g/mol. The molecule has 2 heterocycles. The third kappa shape index (κ3) is 3.43. The molecule has 1 amide bonds. The van der Waals surface area contributed by atoms with Crippen LogP contribution in [0, 0.1) is 6.92 Å². The van der Waals surface area contributed by atoms with Gasteiger partial charge in [-0.05, 0) is 6.92 Å². The van der Waals surface area contributed by atoms with Crippen molar-refractivity contribution < 1.29 is 13.8 Å². The lowest BCUT2D eigenvalue weighted by Crippen LogP contribution is -2.28. The van der Waals surface area contributed by atoms with E-state index in [9.17, 15) is 4.79 Å². The Labute approximate surface area is 116 Å².